The van der Waals surface area contributed by atoms with Crippen molar-refractivity contribution in [1.82, 2.24) is 10.2 Å². The first kappa shape index (κ1) is 13.8. The number of aliphatic carboxylic acids is 1. The first-order chi connectivity index (χ1) is 8.59. The SMILES string of the molecule is CC(C)C1CCCCC1(C(=O)O)N1CCNCC1. The molecule has 1 saturated heterocycles. The zero-order chi connectivity index (χ0) is 13.2. The molecule has 0 amide bonds. The molecule has 4 nitrogen and oxygen atoms in total. The summed E-state index contributed by atoms with van der Waals surface area (Å²) < 4.78 is 0. The van der Waals surface area contributed by atoms with Gasteiger partial charge in [0, 0.05) is 26.2 Å². The van der Waals surface area contributed by atoms with Crippen molar-refractivity contribution in [2.45, 2.75) is 45.1 Å². The quantitative estimate of drug-likeness (QED) is 0.802. The molecule has 0 aromatic heterocycles. The number of rotatable bonds is 3. The molecule has 1 aliphatic heterocycles. The van der Waals surface area contributed by atoms with Gasteiger partial charge in [0.15, 0.2) is 0 Å². The summed E-state index contributed by atoms with van der Waals surface area (Å²) in [6.07, 6.45) is 4.13. The zero-order valence-electron chi connectivity index (χ0n) is 11.6. The van der Waals surface area contributed by atoms with Gasteiger partial charge in [0.05, 0.1) is 0 Å². The van der Waals surface area contributed by atoms with E-state index in [1.54, 1.807) is 0 Å². The average Bonchev–Trinajstić information content (AvgIpc) is 2.39. The van der Waals surface area contributed by atoms with Crippen LogP contribution in [0.3, 0.4) is 0 Å². The van der Waals surface area contributed by atoms with Crippen molar-refractivity contribution in [2.75, 3.05) is 26.2 Å². The number of nitrogens with one attached hydrogen (secondary N) is 1. The molecule has 104 valence electrons. The second-order valence-electron chi connectivity index (χ2n) is 6.06. The Bertz CT molecular complexity index is 300. The molecule has 1 aliphatic carbocycles. The average molecular weight is 254 g/mol. The lowest BCUT2D eigenvalue weighted by molar-refractivity contribution is -0.162. The minimum atomic E-state index is -0.603. The fraction of sp³-hybridized carbons (Fsp3) is 0.929. The fourth-order valence-corrected chi connectivity index (χ4v) is 3.92. The molecule has 0 bridgehead atoms. The summed E-state index contributed by atoms with van der Waals surface area (Å²) in [4.78, 5) is 14.3. The first-order valence-corrected chi connectivity index (χ1v) is 7.28. The molecular weight excluding hydrogens is 228 g/mol. The van der Waals surface area contributed by atoms with Gasteiger partial charge in [-0.2, -0.15) is 0 Å². The van der Waals surface area contributed by atoms with Gasteiger partial charge < -0.3 is 10.4 Å². The zero-order valence-corrected chi connectivity index (χ0v) is 11.6. The van der Waals surface area contributed by atoms with Gasteiger partial charge >= 0.3 is 5.97 Å². The molecule has 2 rings (SSSR count). The van der Waals surface area contributed by atoms with Crippen LogP contribution in [0.4, 0.5) is 0 Å². The second-order valence-corrected chi connectivity index (χ2v) is 6.06. The topological polar surface area (TPSA) is 52.6 Å². The Kier molecular flexibility index (Phi) is 4.28. The van der Waals surface area contributed by atoms with Gasteiger partial charge in [0.1, 0.15) is 5.54 Å². The molecule has 0 aromatic carbocycles. The molecule has 0 aromatic rings. The van der Waals surface area contributed by atoms with E-state index in [0.717, 1.165) is 45.4 Å². The van der Waals surface area contributed by atoms with E-state index in [0.29, 0.717) is 11.8 Å². The van der Waals surface area contributed by atoms with E-state index >= 15 is 0 Å². The Morgan fingerprint density at radius 1 is 1.33 bits per heavy atom. The number of carboxylic acid groups (broad SMARTS) is 1. The van der Waals surface area contributed by atoms with E-state index < -0.39 is 11.5 Å². The molecule has 2 aliphatic rings. The van der Waals surface area contributed by atoms with Gasteiger partial charge in [0.2, 0.25) is 0 Å². The van der Waals surface area contributed by atoms with Crippen molar-refractivity contribution < 1.29 is 9.90 Å². The third-order valence-corrected chi connectivity index (χ3v) is 4.79. The standard InChI is InChI=1S/C14H26N2O2/c1-11(2)12-5-3-4-6-14(12,13(17)18)16-9-7-15-8-10-16/h11-12,15H,3-10H2,1-2H3,(H,17,18). The van der Waals surface area contributed by atoms with E-state index in [1.165, 1.54) is 6.42 Å². The Balaban J connectivity index is 2.30. The molecule has 2 unspecified atom stereocenters. The first-order valence-electron chi connectivity index (χ1n) is 7.28. The van der Waals surface area contributed by atoms with Gasteiger partial charge in [-0.15, -0.1) is 0 Å². The fourth-order valence-electron chi connectivity index (χ4n) is 3.92. The predicted octanol–water partition coefficient (Wildman–Crippen LogP) is 1.56. The van der Waals surface area contributed by atoms with E-state index in [2.05, 4.69) is 24.1 Å². The summed E-state index contributed by atoms with van der Waals surface area (Å²) in [6, 6.07) is 0. The van der Waals surface area contributed by atoms with Gasteiger partial charge in [0.25, 0.3) is 0 Å². The molecule has 2 atom stereocenters. The highest BCUT2D eigenvalue weighted by Crippen LogP contribution is 2.42. The third kappa shape index (κ3) is 2.28. The van der Waals surface area contributed by atoms with Gasteiger partial charge in [-0.25, -0.2) is 0 Å². The van der Waals surface area contributed by atoms with Crippen LogP contribution in [0, 0.1) is 11.8 Å². The highest BCUT2D eigenvalue weighted by Gasteiger charge is 2.52. The van der Waals surface area contributed by atoms with E-state index in [1.807, 2.05) is 0 Å². The maximum absolute atomic E-state index is 12.0. The van der Waals surface area contributed by atoms with Crippen molar-refractivity contribution in [1.29, 1.82) is 0 Å². The lowest BCUT2D eigenvalue weighted by atomic mass is 9.66. The van der Waals surface area contributed by atoms with Crippen LogP contribution in [0.25, 0.3) is 0 Å². The van der Waals surface area contributed by atoms with Crippen LogP contribution in [0.15, 0.2) is 0 Å². The highest BCUT2D eigenvalue weighted by atomic mass is 16.4. The number of nitrogens with zero attached hydrogens (tertiary/aromatic N) is 1. The molecule has 1 heterocycles. The van der Waals surface area contributed by atoms with Crippen LogP contribution in [0.5, 0.6) is 0 Å². The Hall–Kier alpha value is -0.610. The largest absolute Gasteiger partial charge is 0.480 e. The summed E-state index contributed by atoms with van der Waals surface area (Å²) in [5.41, 5.74) is -0.603. The lowest BCUT2D eigenvalue weighted by Crippen LogP contribution is -2.65. The minimum absolute atomic E-state index is 0.293. The van der Waals surface area contributed by atoms with Crippen LogP contribution in [-0.2, 0) is 4.79 Å². The van der Waals surface area contributed by atoms with Crippen LogP contribution in [0.1, 0.15) is 39.5 Å². The highest BCUT2D eigenvalue weighted by molar-refractivity contribution is 5.79. The minimum Gasteiger partial charge on any atom is -0.480 e. The third-order valence-electron chi connectivity index (χ3n) is 4.79. The summed E-state index contributed by atoms with van der Waals surface area (Å²) >= 11 is 0. The Labute approximate surface area is 110 Å². The van der Waals surface area contributed by atoms with Crippen molar-refractivity contribution in [3.8, 4) is 0 Å². The molecule has 0 spiro atoms. The predicted molar refractivity (Wildman–Crippen MR) is 71.6 cm³/mol. The van der Waals surface area contributed by atoms with E-state index in [-0.39, 0.29) is 0 Å². The molecule has 1 saturated carbocycles. The smallest absolute Gasteiger partial charge is 0.324 e. The monoisotopic (exact) mass is 254 g/mol. The maximum Gasteiger partial charge on any atom is 0.324 e. The number of carboxylic acids is 1. The molecule has 2 fully saturated rings. The summed E-state index contributed by atoms with van der Waals surface area (Å²) in [7, 11) is 0. The Morgan fingerprint density at radius 2 is 2.00 bits per heavy atom. The van der Waals surface area contributed by atoms with Crippen molar-refractivity contribution in [3.05, 3.63) is 0 Å². The van der Waals surface area contributed by atoms with Crippen molar-refractivity contribution in [2.24, 2.45) is 11.8 Å². The number of hydrogen-bond donors (Lipinski definition) is 2. The second kappa shape index (κ2) is 5.57. The van der Waals surface area contributed by atoms with Gasteiger partial charge in [-0.05, 0) is 24.7 Å². The van der Waals surface area contributed by atoms with Crippen LogP contribution in [0.2, 0.25) is 0 Å². The van der Waals surface area contributed by atoms with Crippen LogP contribution in [-0.4, -0.2) is 47.7 Å². The van der Waals surface area contributed by atoms with Crippen LogP contribution >= 0.6 is 0 Å². The van der Waals surface area contributed by atoms with Crippen molar-refractivity contribution in [3.63, 3.8) is 0 Å². The lowest BCUT2D eigenvalue weighted by Gasteiger charge is -2.51. The molecular formula is C14H26N2O2. The van der Waals surface area contributed by atoms with E-state index in [4.69, 9.17) is 0 Å². The van der Waals surface area contributed by atoms with Gasteiger partial charge in [-0.3, -0.25) is 9.69 Å². The number of hydrogen-bond acceptors (Lipinski definition) is 3. The maximum atomic E-state index is 12.0. The van der Waals surface area contributed by atoms with Crippen molar-refractivity contribution >= 4 is 5.97 Å². The summed E-state index contributed by atoms with van der Waals surface area (Å²) in [5, 5.41) is 13.2. The normalized spacial score (nSPS) is 34.7. The molecule has 18 heavy (non-hydrogen) atoms. The van der Waals surface area contributed by atoms with Crippen LogP contribution < -0.4 is 5.32 Å². The van der Waals surface area contributed by atoms with E-state index in [9.17, 15) is 9.90 Å². The van der Waals surface area contributed by atoms with Gasteiger partial charge in [-0.1, -0.05) is 26.7 Å². The number of piperazine rings is 1. The Morgan fingerprint density at radius 3 is 2.56 bits per heavy atom. The summed E-state index contributed by atoms with van der Waals surface area (Å²) in [6.45, 7) is 7.93. The summed E-state index contributed by atoms with van der Waals surface area (Å²) in [5.74, 6) is 0.140. The molecule has 0 radical (unpaired) electrons. The molecule has 4 heteroatoms. The molecule has 2 N–H and O–H groups in total. The number of carbonyl (C=O) groups is 1.